The molecule has 0 atom stereocenters. The molecule has 3 aromatic carbocycles. The van der Waals surface area contributed by atoms with Crippen LogP contribution in [-0.4, -0.2) is 17.5 Å². The number of ether oxygens (including phenoxy) is 1. The van der Waals surface area contributed by atoms with Crippen LogP contribution in [-0.2, 0) is 0 Å². The number of rotatable bonds is 2. The summed E-state index contributed by atoms with van der Waals surface area (Å²) in [6, 6.07) is 18.0. The predicted octanol–water partition coefficient (Wildman–Crippen LogP) is 3.26. The molecule has 5 heteroatoms. The molecule has 0 radical (unpaired) electrons. The fourth-order valence-electron chi connectivity index (χ4n) is 3.04. The lowest BCUT2D eigenvalue weighted by Gasteiger charge is -2.20. The van der Waals surface area contributed by atoms with Crippen molar-refractivity contribution in [1.82, 2.24) is 0 Å². The third-order valence-corrected chi connectivity index (χ3v) is 4.31. The maximum absolute atomic E-state index is 12.8. The highest BCUT2D eigenvalue weighted by molar-refractivity contribution is 6.30. The Morgan fingerprint density at radius 1 is 0.731 bits per heavy atom. The minimum absolute atomic E-state index is 0.0451. The van der Waals surface area contributed by atoms with E-state index in [1.807, 2.05) is 0 Å². The van der Waals surface area contributed by atoms with E-state index in [-0.39, 0.29) is 39.5 Å². The number of esters is 1. The van der Waals surface area contributed by atoms with Gasteiger partial charge in [-0.05, 0) is 24.3 Å². The van der Waals surface area contributed by atoms with E-state index in [4.69, 9.17) is 10.5 Å². The van der Waals surface area contributed by atoms with Gasteiger partial charge in [-0.3, -0.25) is 9.59 Å². The van der Waals surface area contributed by atoms with Gasteiger partial charge in [-0.15, -0.1) is 0 Å². The first kappa shape index (κ1) is 15.8. The first-order chi connectivity index (χ1) is 12.6. The number of carbonyl (C=O) groups excluding carboxylic acids is 3. The fourth-order valence-corrected chi connectivity index (χ4v) is 3.04. The van der Waals surface area contributed by atoms with E-state index in [2.05, 4.69) is 0 Å². The molecule has 0 unspecified atom stereocenters. The van der Waals surface area contributed by atoms with Gasteiger partial charge in [-0.25, -0.2) is 4.79 Å². The summed E-state index contributed by atoms with van der Waals surface area (Å²) in [7, 11) is 0. The van der Waals surface area contributed by atoms with Crippen LogP contribution in [0.4, 0.5) is 5.69 Å². The zero-order chi connectivity index (χ0) is 18.3. The van der Waals surface area contributed by atoms with Crippen LogP contribution in [0.3, 0.4) is 0 Å². The van der Waals surface area contributed by atoms with Crippen LogP contribution >= 0.6 is 0 Å². The van der Waals surface area contributed by atoms with E-state index in [0.717, 1.165) is 0 Å². The second kappa shape index (κ2) is 5.97. The van der Waals surface area contributed by atoms with Crippen molar-refractivity contribution in [2.75, 3.05) is 5.73 Å². The number of fused-ring (bicyclic) bond motifs is 2. The minimum atomic E-state index is -0.685. The van der Waals surface area contributed by atoms with E-state index >= 15 is 0 Å². The Morgan fingerprint density at radius 3 is 2.04 bits per heavy atom. The molecule has 2 N–H and O–H groups in total. The lowest BCUT2D eigenvalue weighted by atomic mass is 9.82. The maximum atomic E-state index is 12.8. The average Bonchev–Trinajstić information content (AvgIpc) is 2.66. The number of carbonyl (C=O) groups is 3. The first-order valence-corrected chi connectivity index (χ1v) is 7.96. The Bertz CT molecular complexity index is 1070. The number of ketones is 2. The van der Waals surface area contributed by atoms with Gasteiger partial charge in [0.15, 0.2) is 11.6 Å². The van der Waals surface area contributed by atoms with Crippen LogP contribution in [0.15, 0.2) is 66.7 Å². The molecule has 5 nitrogen and oxygen atoms in total. The number of hydrogen-bond donors (Lipinski definition) is 1. The van der Waals surface area contributed by atoms with E-state index in [1.165, 1.54) is 12.1 Å². The largest absolute Gasteiger partial charge is 0.423 e. The molecule has 1 aliphatic rings. The van der Waals surface area contributed by atoms with Gasteiger partial charge in [0.1, 0.15) is 5.75 Å². The molecule has 1 aliphatic carbocycles. The predicted molar refractivity (Wildman–Crippen MR) is 95.6 cm³/mol. The molecule has 3 aromatic rings. The molecule has 0 spiro atoms. The zero-order valence-corrected chi connectivity index (χ0v) is 13.6. The van der Waals surface area contributed by atoms with Crippen molar-refractivity contribution >= 4 is 23.2 Å². The smallest absolute Gasteiger partial charge is 0.345 e. The van der Waals surface area contributed by atoms with Crippen molar-refractivity contribution in [2.24, 2.45) is 0 Å². The van der Waals surface area contributed by atoms with Crippen molar-refractivity contribution in [3.05, 3.63) is 94.5 Å². The summed E-state index contributed by atoms with van der Waals surface area (Å²) in [6.45, 7) is 0. The summed E-state index contributed by atoms with van der Waals surface area (Å²) >= 11 is 0. The van der Waals surface area contributed by atoms with Crippen molar-refractivity contribution in [3.63, 3.8) is 0 Å². The molecule has 0 aliphatic heterocycles. The second-order valence-electron chi connectivity index (χ2n) is 5.86. The van der Waals surface area contributed by atoms with Crippen LogP contribution < -0.4 is 10.5 Å². The van der Waals surface area contributed by atoms with E-state index < -0.39 is 5.97 Å². The summed E-state index contributed by atoms with van der Waals surface area (Å²) in [4.78, 5) is 37.9. The van der Waals surface area contributed by atoms with Gasteiger partial charge in [0.2, 0.25) is 0 Å². The molecule has 0 saturated carbocycles. The maximum Gasteiger partial charge on any atom is 0.345 e. The summed E-state index contributed by atoms with van der Waals surface area (Å²) in [5.41, 5.74) is 6.97. The number of benzene rings is 3. The van der Waals surface area contributed by atoms with Crippen LogP contribution in [0.5, 0.6) is 5.75 Å². The average molecular weight is 343 g/mol. The van der Waals surface area contributed by atoms with E-state index in [9.17, 15) is 14.4 Å². The Labute approximate surface area is 149 Å². The van der Waals surface area contributed by atoms with Gasteiger partial charge in [-0.2, -0.15) is 0 Å². The lowest BCUT2D eigenvalue weighted by molar-refractivity contribution is 0.0735. The second-order valence-corrected chi connectivity index (χ2v) is 5.86. The number of nitrogens with two attached hydrogens (primary N) is 1. The van der Waals surface area contributed by atoms with Crippen molar-refractivity contribution in [2.45, 2.75) is 0 Å². The van der Waals surface area contributed by atoms with Crippen molar-refractivity contribution < 1.29 is 19.1 Å². The van der Waals surface area contributed by atoms with Gasteiger partial charge in [0, 0.05) is 16.7 Å². The summed E-state index contributed by atoms with van der Waals surface area (Å²) in [5.74, 6) is -0.982. The topological polar surface area (TPSA) is 86.5 Å². The van der Waals surface area contributed by atoms with Gasteiger partial charge in [0.25, 0.3) is 0 Å². The highest BCUT2D eigenvalue weighted by atomic mass is 16.5. The quantitative estimate of drug-likeness (QED) is 0.343. The third kappa shape index (κ3) is 2.38. The lowest BCUT2D eigenvalue weighted by Crippen LogP contribution is -2.24. The summed E-state index contributed by atoms with van der Waals surface area (Å²) in [5, 5.41) is 0. The fraction of sp³-hybridized carbons (Fsp3) is 0. The Hall–Kier alpha value is -3.73. The summed E-state index contributed by atoms with van der Waals surface area (Å²) in [6.07, 6.45) is 0. The zero-order valence-electron chi connectivity index (χ0n) is 13.6. The van der Waals surface area contributed by atoms with Crippen molar-refractivity contribution in [1.29, 1.82) is 0 Å². The molecule has 4 rings (SSSR count). The molecule has 0 aromatic heterocycles. The number of hydrogen-bond acceptors (Lipinski definition) is 5. The molecule has 26 heavy (non-hydrogen) atoms. The Kier molecular flexibility index (Phi) is 3.62. The monoisotopic (exact) mass is 343 g/mol. The molecule has 126 valence electrons. The molecule has 0 saturated heterocycles. The van der Waals surface area contributed by atoms with Gasteiger partial charge >= 0.3 is 5.97 Å². The third-order valence-electron chi connectivity index (χ3n) is 4.31. The summed E-state index contributed by atoms with van der Waals surface area (Å²) < 4.78 is 5.29. The number of anilines is 1. The van der Waals surface area contributed by atoms with Crippen LogP contribution in [0.2, 0.25) is 0 Å². The Balaban J connectivity index is 1.79. The minimum Gasteiger partial charge on any atom is -0.423 e. The molecule has 0 bridgehead atoms. The first-order valence-electron chi connectivity index (χ1n) is 7.96. The molecular weight excluding hydrogens is 330 g/mol. The highest BCUT2D eigenvalue weighted by Crippen LogP contribution is 2.33. The van der Waals surface area contributed by atoms with Gasteiger partial charge in [-0.1, -0.05) is 42.5 Å². The number of para-hydroxylation sites is 1. The van der Waals surface area contributed by atoms with Gasteiger partial charge in [0.05, 0.1) is 16.8 Å². The van der Waals surface area contributed by atoms with E-state index in [0.29, 0.717) is 11.3 Å². The molecular formula is C21H13NO4. The SMILES string of the molecule is Nc1c(C(=O)Oc2ccccc2)ccc2c1C(=O)c1ccccc1C2=O. The van der Waals surface area contributed by atoms with E-state index in [1.54, 1.807) is 54.6 Å². The van der Waals surface area contributed by atoms with Crippen molar-refractivity contribution in [3.8, 4) is 5.75 Å². The van der Waals surface area contributed by atoms with Crippen LogP contribution in [0.1, 0.15) is 42.2 Å². The molecule has 0 heterocycles. The van der Waals surface area contributed by atoms with Crippen LogP contribution in [0, 0.1) is 0 Å². The Morgan fingerprint density at radius 2 is 1.35 bits per heavy atom. The molecule has 0 amide bonds. The van der Waals surface area contributed by atoms with Crippen LogP contribution in [0.25, 0.3) is 0 Å². The van der Waals surface area contributed by atoms with Gasteiger partial charge < -0.3 is 10.5 Å². The normalized spacial score (nSPS) is 12.3. The number of nitrogen functional groups attached to an aromatic ring is 1. The standard InChI is InChI=1S/C21H13NO4/c22-18-16(21(25)26-12-6-2-1-3-7-12)11-10-15-17(18)20(24)14-9-5-4-8-13(14)19(15)23/h1-11H,22H2. The molecule has 0 fully saturated rings. The highest BCUT2D eigenvalue weighted by Gasteiger charge is 2.33.